The third-order valence-electron chi connectivity index (χ3n) is 2.72. The van der Waals surface area contributed by atoms with E-state index < -0.39 is 0 Å². The van der Waals surface area contributed by atoms with Gasteiger partial charge in [-0.25, -0.2) is 0 Å². The van der Waals surface area contributed by atoms with Crippen LogP contribution in [0.15, 0.2) is 30.5 Å². The highest BCUT2D eigenvalue weighted by Crippen LogP contribution is 2.18. The van der Waals surface area contributed by atoms with Crippen LogP contribution in [0.25, 0.3) is 0 Å². The maximum absolute atomic E-state index is 5.98. The molecule has 0 amide bonds. The molecule has 0 unspecified atom stereocenters. The summed E-state index contributed by atoms with van der Waals surface area (Å²) in [6, 6.07) is 7.87. The van der Waals surface area contributed by atoms with Gasteiger partial charge in [-0.3, -0.25) is 0 Å². The number of H-pyrrole nitrogens is 1. The van der Waals surface area contributed by atoms with Gasteiger partial charge in [0.15, 0.2) is 4.77 Å². The molecule has 0 radical (unpaired) electrons. The topological polar surface area (TPSA) is 20.7 Å². The highest BCUT2D eigenvalue weighted by molar-refractivity contribution is 7.71. The number of aromatic amines is 1. The lowest BCUT2D eigenvalue weighted by Gasteiger charge is -2.11. The average Bonchev–Trinajstić information content (AvgIpc) is 2.61. The minimum absolute atomic E-state index is 0.446. The molecule has 4 heteroatoms. The van der Waals surface area contributed by atoms with Gasteiger partial charge in [0, 0.05) is 16.9 Å². The maximum atomic E-state index is 5.98. The monoisotopic (exact) mass is 266 g/mol. The Morgan fingerprint density at radius 3 is 2.82 bits per heavy atom. The normalized spacial score (nSPS) is 11.1. The van der Waals surface area contributed by atoms with Gasteiger partial charge in [0.1, 0.15) is 0 Å². The molecule has 0 bridgehead atoms. The van der Waals surface area contributed by atoms with E-state index in [2.05, 4.69) is 29.5 Å². The van der Waals surface area contributed by atoms with Crippen LogP contribution >= 0.6 is 23.8 Å². The largest absolute Gasteiger partial charge is 0.337 e. The van der Waals surface area contributed by atoms with E-state index in [-0.39, 0.29) is 0 Å². The first-order chi connectivity index (χ1) is 8.08. The second kappa shape index (κ2) is 5.07. The molecule has 2 rings (SSSR count). The molecule has 0 aliphatic carbocycles. The Morgan fingerprint density at radius 2 is 2.18 bits per heavy atom. The molecule has 17 heavy (non-hydrogen) atoms. The van der Waals surface area contributed by atoms with E-state index >= 15 is 0 Å². The lowest BCUT2D eigenvalue weighted by Crippen LogP contribution is -2.05. The molecule has 0 atom stereocenters. The van der Waals surface area contributed by atoms with Gasteiger partial charge < -0.3 is 9.55 Å². The number of benzene rings is 1. The van der Waals surface area contributed by atoms with Gasteiger partial charge in [-0.1, -0.05) is 37.6 Å². The van der Waals surface area contributed by atoms with Crippen LogP contribution in [-0.2, 0) is 6.54 Å². The Kier molecular flexibility index (Phi) is 3.69. The van der Waals surface area contributed by atoms with Gasteiger partial charge in [0.2, 0.25) is 0 Å². The van der Waals surface area contributed by atoms with E-state index in [1.165, 1.54) is 5.69 Å². The van der Waals surface area contributed by atoms with Crippen molar-refractivity contribution >= 4 is 23.8 Å². The van der Waals surface area contributed by atoms with Crippen LogP contribution in [0.5, 0.6) is 0 Å². The summed E-state index contributed by atoms with van der Waals surface area (Å²) in [6.07, 6.45) is 1.98. The molecule has 90 valence electrons. The molecule has 2 aromatic rings. The first-order valence-corrected chi connectivity index (χ1v) is 6.39. The number of hydrogen-bond acceptors (Lipinski definition) is 1. The van der Waals surface area contributed by atoms with Gasteiger partial charge in [0.25, 0.3) is 0 Å². The molecule has 1 heterocycles. The highest BCUT2D eigenvalue weighted by atomic mass is 35.5. The predicted octanol–water partition coefficient (Wildman–Crippen LogP) is 4.37. The summed E-state index contributed by atoms with van der Waals surface area (Å²) in [5.41, 5.74) is 2.38. The zero-order chi connectivity index (χ0) is 12.4. The molecule has 0 fully saturated rings. The second-order valence-electron chi connectivity index (χ2n) is 4.39. The lowest BCUT2D eigenvalue weighted by molar-refractivity contribution is 0.684. The summed E-state index contributed by atoms with van der Waals surface area (Å²) in [6.45, 7) is 5.08. The molecular weight excluding hydrogens is 252 g/mol. The number of hydrogen-bond donors (Lipinski definition) is 1. The Morgan fingerprint density at radius 1 is 1.41 bits per heavy atom. The van der Waals surface area contributed by atoms with Gasteiger partial charge in [-0.2, -0.15) is 0 Å². The predicted molar refractivity (Wildman–Crippen MR) is 74.3 cm³/mol. The van der Waals surface area contributed by atoms with Crippen LogP contribution in [0.4, 0.5) is 0 Å². The standard InChI is InChI=1S/C13H15ClN2S/c1-9(2)12-7-15-13(17)16(12)8-10-4-3-5-11(14)6-10/h3-7,9H,8H2,1-2H3,(H,15,17). The third kappa shape index (κ3) is 2.79. The van der Waals surface area contributed by atoms with Gasteiger partial charge in [0.05, 0.1) is 6.54 Å². The molecule has 1 N–H and O–H groups in total. The SMILES string of the molecule is CC(C)c1c[nH]c(=S)n1Cc1cccc(Cl)c1. The number of nitrogens with zero attached hydrogens (tertiary/aromatic N) is 1. The quantitative estimate of drug-likeness (QED) is 0.818. The van der Waals surface area contributed by atoms with E-state index in [4.69, 9.17) is 23.8 Å². The average molecular weight is 267 g/mol. The number of aromatic nitrogens is 2. The van der Waals surface area contributed by atoms with Crippen LogP contribution in [0.3, 0.4) is 0 Å². The highest BCUT2D eigenvalue weighted by Gasteiger charge is 2.08. The van der Waals surface area contributed by atoms with Gasteiger partial charge >= 0.3 is 0 Å². The smallest absolute Gasteiger partial charge is 0.177 e. The van der Waals surface area contributed by atoms with Crippen molar-refractivity contribution in [2.75, 3.05) is 0 Å². The molecule has 0 saturated heterocycles. The third-order valence-corrected chi connectivity index (χ3v) is 3.29. The van der Waals surface area contributed by atoms with Gasteiger partial charge in [-0.15, -0.1) is 0 Å². The molecule has 1 aromatic heterocycles. The van der Waals surface area contributed by atoms with Crippen molar-refractivity contribution in [2.45, 2.75) is 26.3 Å². The van der Waals surface area contributed by atoms with Crippen molar-refractivity contribution < 1.29 is 0 Å². The summed E-state index contributed by atoms with van der Waals surface area (Å²) < 4.78 is 2.87. The minimum Gasteiger partial charge on any atom is -0.337 e. The van der Waals surface area contributed by atoms with E-state index in [0.717, 1.165) is 21.9 Å². The van der Waals surface area contributed by atoms with Crippen molar-refractivity contribution in [1.82, 2.24) is 9.55 Å². The summed E-state index contributed by atoms with van der Waals surface area (Å²) in [5.74, 6) is 0.446. The van der Waals surface area contributed by atoms with Crippen molar-refractivity contribution in [2.24, 2.45) is 0 Å². The molecule has 0 saturated carbocycles. The van der Waals surface area contributed by atoms with Gasteiger partial charge in [-0.05, 0) is 35.8 Å². The van der Waals surface area contributed by atoms with E-state index in [1.807, 2.05) is 24.4 Å². The zero-order valence-electron chi connectivity index (χ0n) is 9.90. The lowest BCUT2D eigenvalue weighted by atomic mass is 10.1. The van der Waals surface area contributed by atoms with Crippen molar-refractivity contribution in [1.29, 1.82) is 0 Å². The number of halogens is 1. The Labute approximate surface area is 111 Å². The van der Waals surface area contributed by atoms with Crippen LogP contribution in [0.1, 0.15) is 31.0 Å². The van der Waals surface area contributed by atoms with E-state index in [1.54, 1.807) is 0 Å². The van der Waals surface area contributed by atoms with E-state index in [9.17, 15) is 0 Å². The van der Waals surface area contributed by atoms with Crippen LogP contribution < -0.4 is 0 Å². The van der Waals surface area contributed by atoms with Crippen LogP contribution in [-0.4, -0.2) is 9.55 Å². The molecule has 0 aliphatic rings. The molecule has 0 spiro atoms. The Bertz CT molecular complexity index is 569. The van der Waals surface area contributed by atoms with Crippen molar-refractivity contribution in [3.8, 4) is 0 Å². The first kappa shape index (κ1) is 12.4. The fourth-order valence-corrected chi connectivity index (χ4v) is 2.31. The summed E-state index contributed by atoms with van der Waals surface area (Å²) in [7, 11) is 0. The van der Waals surface area contributed by atoms with E-state index in [0.29, 0.717) is 5.92 Å². The summed E-state index contributed by atoms with van der Waals surface area (Å²) >= 11 is 11.3. The fourth-order valence-electron chi connectivity index (χ4n) is 1.87. The molecule has 1 aromatic carbocycles. The zero-order valence-corrected chi connectivity index (χ0v) is 11.5. The number of rotatable bonds is 3. The summed E-state index contributed by atoms with van der Waals surface area (Å²) in [5, 5.41) is 0.760. The number of nitrogens with one attached hydrogen (secondary N) is 1. The molecular formula is C13H15ClN2S. The van der Waals surface area contributed by atoms with Crippen molar-refractivity contribution in [3.63, 3.8) is 0 Å². The Balaban J connectivity index is 2.36. The second-order valence-corrected chi connectivity index (χ2v) is 5.21. The maximum Gasteiger partial charge on any atom is 0.177 e. The summed E-state index contributed by atoms with van der Waals surface area (Å²) in [4.78, 5) is 3.10. The van der Waals surface area contributed by atoms with Crippen LogP contribution in [0.2, 0.25) is 5.02 Å². The molecule has 0 aliphatic heterocycles. The fraction of sp³-hybridized carbons (Fsp3) is 0.308. The number of imidazole rings is 1. The molecule has 2 nitrogen and oxygen atoms in total. The van der Waals surface area contributed by atoms with Crippen molar-refractivity contribution in [3.05, 3.63) is 51.5 Å². The Hall–Kier alpha value is -1.06. The van der Waals surface area contributed by atoms with Crippen LogP contribution in [0, 0.1) is 4.77 Å². The first-order valence-electron chi connectivity index (χ1n) is 5.60. The minimum atomic E-state index is 0.446.